The summed E-state index contributed by atoms with van der Waals surface area (Å²) in [5, 5.41) is 4.43. The van der Waals surface area contributed by atoms with Crippen LogP contribution in [0.3, 0.4) is 0 Å². The molecule has 0 fully saturated rings. The Bertz CT molecular complexity index is 366. The van der Waals surface area contributed by atoms with Crippen molar-refractivity contribution in [3.05, 3.63) is 15.9 Å². The summed E-state index contributed by atoms with van der Waals surface area (Å²) in [7, 11) is 1.69. The van der Waals surface area contributed by atoms with Crippen LogP contribution in [0.5, 0.6) is 0 Å². The molecule has 0 aliphatic carbocycles. The molecular weight excluding hydrogens is 292 g/mol. The van der Waals surface area contributed by atoms with Crippen molar-refractivity contribution in [2.45, 2.75) is 39.8 Å². The quantitative estimate of drug-likeness (QED) is 0.805. The standard InChI is InChI=1S/C11H18BrF2N3/c1-4-8-11(12)9(17(5-2)15-8)6-16(3)7-10(13)14/h10H,4-7H2,1-3H3. The van der Waals surface area contributed by atoms with Gasteiger partial charge in [-0.05, 0) is 36.3 Å². The molecule has 0 radical (unpaired) electrons. The molecular formula is C11H18BrF2N3. The first-order valence-electron chi connectivity index (χ1n) is 5.70. The van der Waals surface area contributed by atoms with Crippen LogP contribution in [-0.4, -0.2) is 34.7 Å². The van der Waals surface area contributed by atoms with Crippen molar-refractivity contribution in [2.75, 3.05) is 13.6 Å². The molecule has 0 unspecified atom stereocenters. The van der Waals surface area contributed by atoms with Gasteiger partial charge in [-0.2, -0.15) is 5.10 Å². The van der Waals surface area contributed by atoms with Crippen molar-refractivity contribution >= 4 is 15.9 Å². The zero-order valence-corrected chi connectivity index (χ0v) is 12.0. The Hall–Kier alpha value is -0.490. The van der Waals surface area contributed by atoms with Crippen molar-refractivity contribution in [2.24, 2.45) is 0 Å². The van der Waals surface area contributed by atoms with Gasteiger partial charge in [0.15, 0.2) is 0 Å². The lowest BCUT2D eigenvalue weighted by atomic mass is 10.3. The van der Waals surface area contributed by atoms with Gasteiger partial charge < -0.3 is 0 Å². The average molecular weight is 310 g/mol. The van der Waals surface area contributed by atoms with Crippen molar-refractivity contribution in [1.29, 1.82) is 0 Å². The molecule has 3 nitrogen and oxygen atoms in total. The van der Waals surface area contributed by atoms with Gasteiger partial charge in [-0.15, -0.1) is 0 Å². The molecule has 1 aromatic rings. The highest BCUT2D eigenvalue weighted by atomic mass is 79.9. The highest BCUT2D eigenvalue weighted by molar-refractivity contribution is 9.10. The Balaban J connectivity index is 2.85. The van der Waals surface area contributed by atoms with Crippen molar-refractivity contribution in [3.63, 3.8) is 0 Å². The van der Waals surface area contributed by atoms with E-state index in [0.717, 1.165) is 28.8 Å². The molecule has 0 amide bonds. The lowest BCUT2D eigenvalue weighted by Gasteiger charge is -2.16. The SMILES string of the molecule is CCc1nn(CC)c(CN(C)CC(F)F)c1Br. The van der Waals surface area contributed by atoms with Crippen LogP contribution in [0.25, 0.3) is 0 Å². The third kappa shape index (κ3) is 3.74. The van der Waals surface area contributed by atoms with E-state index in [9.17, 15) is 8.78 Å². The largest absolute Gasteiger partial charge is 0.295 e. The van der Waals surface area contributed by atoms with Gasteiger partial charge in [0.1, 0.15) is 0 Å². The smallest absolute Gasteiger partial charge is 0.251 e. The molecule has 0 atom stereocenters. The van der Waals surface area contributed by atoms with Crippen LogP contribution >= 0.6 is 15.9 Å². The van der Waals surface area contributed by atoms with E-state index >= 15 is 0 Å². The third-order valence-corrected chi connectivity index (χ3v) is 3.48. The topological polar surface area (TPSA) is 21.1 Å². The first kappa shape index (κ1) is 14.6. The van der Waals surface area contributed by atoms with E-state index in [-0.39, 0.29) is 6.54 Å². The minimum absolute atomic E-state index is 0.219. The predicted molar refractivity (Wildman–Crippen MR) is 67.3 cm³/mol. The van der Waals surface area contributed by atoms with Crippen LogP contribution in [0.1, 0.15) is 25.2 Å². The van der Waals surface area contributed by atoms with Crippen molar-refractivity contribution in [1.82, 2.24) is 14.7 Å². The first-order chi connectivity index (χ1) is 7.99. The molecule has 0 saturated heterocycles. The number of hydrogen-bond acceptors (Lipinski definition) is 2. The van der Waals surface area contributed by atoms with Crippen molar-refractivity contribution < 1.29 is 8.78 Å². The fourth-order valence-corrected chi connectivity index (χ4v) is 2.41. The molecule has 0 spiro atoms. The van der Waals surface area contributed by atoms with E-state index in [1.54, 1.807) is 11.9 Å². The minimum Gasteiger partial charge on any atom is -0.295 e. The lowest BCUT2D eigenvalue weighted by molar-refractivity contribution is 0.0963. The van der Waals surface area contributed by atoms with E-state index in [2.05, 4.69) is 21.0 Å². The summed E-state index contributed by atoms with van der Waals surface area (Å²) < 4.78 is 27.3. The normalized spacial score (nSPS) is 11.8. The number of aryl methyl sites for hydroxylation is 2. The number of aromatic nitrogens is 2. The average Bonchev–Trinajstić information content (AvgIpc) is 2.55. The summed E-state index contributed by atoms with van der Waals surface area (Å²) in [4.78, 5) is 1.61. The molecule has 0 aliphatic rings. The van der Waals surface area contributed by atoms with Gasteiger partial charge >= 0.3 is 0 Å². The van der Waals surface area contributed by atoms with E-state index in [0.29, 0.717) is 6.54 Å². The minimum atomic E-state index is -2.30. The number of alkyl halides is 2. The van der Waals surface area contributed by atoms with Gasteiger partial charge in [0.05, 0.1) is 22.4 Å². The second-order valence-electron chi connectivity index (χ2n) is 3.96. The fourth-order valence-electron chi connectivity index (χ4n) is 1.72. The number of rotatable bonds is 6. The predicted octanol–water partition coefficient (Wildman–Crippen LogP) is 2.92. The monoisotopic (exact) mass is 309 g/mol. The highest BCUT2D eigenvalue weighted by Gasteiger charge is 2.16. The van der Waals surface area contributed by atoms with Crippen molar-refractivity contribution in [3.8, 4) is 0 Å². The van der Waals surface area contributed by atoms with Gasteiger partial charge in [0.25, 0.3) is 6.43 Å². The van der Waals surface area contributed by atoms with E-state index in [1.807, 2.05) is 18.5 Å². The van der Waals surface area contributed by atoms with Crippen LogP contribution < -0.4 is 0 Å². The van der Waals surface area contributed by atoms with Crippen LogP contribution in [0.15, 0.2) is 4.47 Å². The van der Waals surface area contributed by atoms with Crippen LogP contribution in [0.2, 0.25) is 0 Å². The first-order valence-corrected chi connectivity index (χ1v) is 6.49. The Morgan fingerprint density at radius 3 is 2.53 bits per heavy atom. The maximum Gasteiger partial charge on any atom is 0.251 e. The molecule has 17 heavy (non-hydrogen) atoms. The summed E-state index contributed by atoms with van der Waals surface area (Å²) in [6.07, 6.45) is -1.47. The maximum absolute atomic E-state index is 12.3. The van der Waals surface area contributed by atoms with E-state index in [1.165, 1.54) is 0 Å². The molecule has 0 bridgehead atoms. The van der Waals surface area contributed by atoms with Gasteiger partial charge in [-0.1, -0.05) is 6.92 Å². The molecule has 1 heterocycles. The van der Waals surface area contributed by atoms with Crippen LogP contribution in [-0.2, 0) is 19.5 Å². The Morgan fingerprint density at radius 1 is 1.41 bits per heavy atom. The Labute approximate surface area is 109 Å². The molecule has 1 rings (SSSR count). The molecule has 0 aliphatic heterocycles. The zero-order valence-electron chi connectivity index (χ0n) is 10.4. The Kier molecular flexibility index (Phi) is 5.52. The van der Waals surface area contributed by atoms with Gasteiger partial charge in [-0.3, -0.25) is 9.58 Å². The number of hydrogen-bond donors (Lipinski definition) is 0. The summed E-state index contributed by atoms with van der Waals surface area (Å²) in [5.41, 5.74) is 1.94. The molecule has 1 aromatic heterocycles. The number of nitrogens with zero attached hydrogens (tertiary/aromatic N) is 3. The second-order valence-corrected chi connectivity index (χ2v) is 4.76. The van der Waals surface area contributed by atoms with Gasteiger partial charge in [-0.25, -0.2) is 8.78 Å². The number of halogens is 3. The third-order valence-electron chi connectivity index (χ3n) is 2.56. The second kappa shape index (κ2) is 6.44. The molecule has 6 heteroatoms. The molecule has 0 N–H and O–H groups in total. The highest BCUT2D eigenvalue weighted by Crippen LogP contribution is 2.23. The van der Waals surface area contributed by atoms with E-state index < -0.39 is 6.43 Å². The van der Waals surface area contributed by atoms with E-state index in [4.69, 9.17) is 0 Å². The van der Waals surface area contributed by atoms with Gasteiger partial charge in [0, 0.05) is 13.1 Å². The summed E-state index contributed by atoms with van der Waals surface area (Å²) in [5.74, 6) is 0. The molecule has 0 saturated carbocycles. The summed E-state index contributed by atoms with van der Waals surface area (Å²) in [6, 6.07) is 0. The zero-order chi connectivity index (χ0) is 13.0. The Morgan fingerprint density at radius 2 is 2.06 bits per heavy atom. The van der Waals surface area contributed by atoms with Gasteiger partial charge in [0.2, 0.25) is 0 Å². The fraction of sp³-hybridized carbons (Fsp3) is 0.727. The summed E-state index contributed by atoms with van der Waals surface area (Å²) >= 11 is 3.50. The van der Waals surface area contributed by atoms with Crippen LogP contribution in [0, 0.1) is 0 Å². The van der Waals surface area contributed by atoms with Crippen LogP contribution in [0.4, 0.5) is 8.78 Å². The molecule has 0 aromatic carbocycles. The summed E-state index contributed by atoms with van der Waals surface area (Å²) in [6.45, 7) is 5.03. The molecule has 98 valence electrons. The maximum atomic E-state index is 12.3. The lowest BCUT2D eigenvalue weighted by Crippen LogP contribution is -2.25.